The van der Waals surface area contributed by atoms with Gasteiger partial charge in [0.05, 0.1) is 18.4 Å². The Bertz CT molecular complexity index is 1080. The van der Waals surface area contributed by atoms with Gasteiger partial charge in [-0.25, -0.2) is 0 Å². The van der Waals surface area contributed by atoms with Crippen LogP contribution in [0, 0.1) is 0 Å². The van der Waals surface area contributed by atoms with Crippen LogP contribution in [0.3, 0.4) is 0 Å². The summed E-state index contributed by atoms with van der Waals surface area (Å²) in [6.45, 7) is 4.44. The summed E-state index contributed by atoms with van der Waals surface area (Å²) in [7, 11) is 1.65. The Morgan fingerprint density at radius 1 is 1.20 bits per heavy atom. The molecule has 0 bridgehead atoms. The SMILES string of the molecule is COc1ccccc1N1CCN(CCCNC(=O)c2csc(C(=O)/C=C(/O)C(F)(F)F)c2O)CC1. The summed E-state index contributed by atoms with van der Waals surface area (Å²) in [6.07, 6.45) is -4.45. The van der Waals surface area contributed by atoms with Crippen LogP contribution >= 0.6 is 11.3 Å². The van der Waals surface area contributed by atoms with Gasteiger partial charge in [-0.1, -0.05) is 12.1 Å². The van der Waals surface area contributed by atoms with E-state index in [2.05, 4.69) is 15.1 Å². The third kappa shape index (κ3) is 6.67. The molecule has 0 saturated carbocycles. The number of aliphatic hydroxyl groups is 1. The van der Waals surface area contributed by atoms with E-state index >= 15 is 0 Å². The zero-order valence-electron chi connectivity index (χ0n) is 19.0. The second kappa shape index (κ2) is 11.5. The highest BCUT2D eigenvalue weighted by Crippen LogP contribution is 2.32. The average molecular weight is 514 g/mol. The Hall–Kier alpha value is -3.25. The number of benzene rings is 1. The molecule has 2 aromatic rings. The summed E-state index contributed by atoms with van der Waals surface area (Å²) in [5, 5.41) is 22.9. The van der Waals surface area contributed by atoms with Crippen molar-refractivity contribution in [3.05, 3.63) is 51.9 Å². The van der Waals surface area contributed by atoms with Gasteiger partial charge in [0.15, 0.2) is 0 Å². The predicted molar refractivity (Wildman–Crippen MR) is 126 cm³/mol. The number of ether oxygens (including phenoxy) is 1. The van der Waals surface area contributed by atoms with Crippen molar-refractivity contribution in [1.29, 1.82) is 0 Å². The van der Waals surface area contributed by atoms with Crippen molar-refractivity contribution in [2.45, 2.75) is 12.6 Å². The smallest absolute Gasteiger partial charge is 0.448 e. The molecule has 35 heavy (non-hydrogen) atoms. The van der Waals surface area contributed by atoms with Crippen LogP contribution in [0.2, 0.25) is 0 Å². The molecular formula is C23H26F3N3O5S. The molecule has 3 rings (SSSR count). The minimum Gasteiger partial charge on any atom is -0.505 e. The van der Waals surface area contributed by atoms with E-state index in [1.54, 1.807) is 7.11 Å². The number of piperazine rings is 1. The number of methoxy groups -OCH3 is 1. The van der Waals surface area contributed by atoms with Gasteiger partial charge in [0.1, 0.15) is 16.4 Å². The minimum atomic E-state index is -5.08. The van der Waals surface area contributed by atoms with Crippen molar-refractivity contribution >= 4 is 28.7 Å². The average Bonchev–Trinajstić information content (AvgIpc) is 3.23. The van der Waals surface area contributed by atoms with E-state index in [9.17, 15) is 27.9 Å². The lowest BCUT2D eigenvalue weighted by atomic mass is 10.2. The third-order valence-corrected chi connectivity index (χ3v) is 6.51. The number of nitrogens with one attached hydrogen (secondary N) is 1. The van der Waals surface area contributed by atoms with Crippen LogP contribution < -0.4 is 15.0 Å². The standard InChI is InChI=1S/C23H26F3N3O5S/c1-34-18-6-3-2-5-16(18)29-11-9-28(10-12-29)8-4-7-27-22(33)15-14-35-21(20(15)32)17(30)13-19(31)23(24,25)26/h2-3,5-6,13-14,31-32H,4,7-12H2,1H3,(H,27,33)/b19-13+. The molecule has 12 heteroatoms. The van der Waals surface area contributed by atoms with Crippen LogP contribution in [-0.4, -0.2) is 79.4 Å². The molecular weight excluding hydrogens is 487 g/mol. The van der Waals surface area contributed by atoms with Crippen molar-refractivity contribution in [2.24, 2.45) is 0 Å². The second-order valence-electron chi connectivity index (χ2n) is 7.83. The molecule has 0 spiro atoms. The minimum absolute atomic E-state index is 0.0269. The number of aliphatic hydroxyl groups excluding tert-OH is 1. The van der Waals surface area contributed by atoms with Gasteiger partial charge in [-0.15, -0.1) is 11.3 Å². The number of carbonyl (C=O) groups is 2. The molecule has 1 amide bonds. The molecule has 1 fully saturated rings. The molecule has 190 valence electrons. The molecule has 1 saturated heterocycles. The normalized spacial score (nSPS) is 15.2. The van der Waals surface area contributed by atoms with Crippen molar-refractivity contribution in [3.8, 4) is 11.5 Å². The highest BCUT2D eigenvalue weighted by atomic mass is 32.1. The Balaban J connectivity index is 1.44. The van der Waals surface area contributed by atoms with E-state index in [0.29, 0.717) is 24.3 Å². The topological polar surface area (TPSA) is 102 Å². The number of aromatic hydroxyl groups is 1. The highest BCUT2D eigenvalue weighted by Gasteiger charge is 2.35. The van der Waals surface area contributed by atoms with Crippen LogP contribution in [0.5, 0.6) is 11.5 Å². The maximum Gasteiger partial charge on any atom is 0.448 e. The Morgan fingerprint density at radius 2 is 1.89 bits per heavy atom. The lowest BCUT2D eigenvalue weighted by molar-refractivity contribution is -0.120. The first-order valence-electron chi connectivity index (χ1n) is 10.8. The number of halogens is 3. The van der Waals surface area contributed by atoms with Gasteiger partial charge >= 0.3 is 6.18 Å². The summed E-state index contributed by atoms with van der Waals surface area (Å²) in [5.74, 6) is -3.84. The first-order valence-corrected chi connectivity index (χ1v) is 11.7. The molecule has 1 aromatic heterocycles. The predicted octanol–water partition coefficient (Wildman–Crippen LogP) is 3.59. The zero-order valence-corrected chi connectivity index (χ0v) is 19.8. The Labute approximate surface area is 204 Å². The Kier molecular flexibility index (Phi) is 8.62. The largest absolute Gasteiger partial charge is 0.505 e. The summed E-state index contributed by atoms with van der Waals surface area (Å²) in [5.41, 5.74) is 0.850. The lowest BCUT2D eigenvalue weighted by Crippen LogP contribution is -2.47. The number of para-hydroxylation sites is 2. The number of rotatable bonds is 9. The van der Waals surface area contributed by atoms with Gasteiger partial charge in [-0.2, -0.15) is 13.2 Å². The van der Waals surface area contributed by atoms with E-state index in [4.69, 9.17) is 9.84 Å². The number of nitrogens with zero attached hydrogens (tertiary/aromatic N) is 2. The molecule has 1 aromatic carbocycles. The quantitative estimate of drug-likeness (QED) is 0.204. The lowest BCUT2D eigenvalue weighted by Gasteiger charge is -2.36. The van der Waals surface area contributed by atoms with E-state index in [1.807, 2.05) is 24.3 Å². The van der Waals surface area contributed by atoms with Gasteiger partial charge in [0, 0.05) is 44.2 Å². The molecule has 1 aliphatic heterocycles. The summed E-state index contributed by atoms with van der Waals surface area (Å²) >= 11 is 0.623. The van der Waals surface area contributed by atoms with Crippen LogP contribution in [0.15, 0.2) is 41.5 Å². The molecule has 3 N–H and O–H groups in total. The maximum absolute atomic E-state index is 12.4. The zero-order chi connectivity index (χ0) is 25.6. The molecule has 0 unspecified atom stereocenters. The Morgan fingerprint density at radius 3 is 2.54 bits per heavy atom. The third-order valence-electron chi connectivity index (χ3n) is 5.53. The number of ketones is 1. The van der Waals surface area contributed by atoms with Gasteiger partial charge in [-0.05, 0) is 25.1 Å². The molecule has 0 atom stereocenters. The second-order valence-corrected chi connectivity index (χ2v) is 8.71. The molecule has 2 heterocycles. The van der Waals surface area contributed by atoms with Crippen LogP contribution in [0.1, 0.15) is 26.5 Å². The van der Waals surface area contributed by atoms with E-state index < -0.39 is 34.3 Å². The molecule has 0 radical (unpaired) electrons. The number of carbonyl (C=O) groups excluding carboxylic acids is 2. The maximum atomic E-state index is 12.4. The van der Waals surface area contributed by atoms with Gasteiger partial charge in [-0.3, -0.25) is 14.5 Å². The monoisotopic (exact) mass is 513 g/mol. The summed E-state index contributed by atoms with van der Waals surface area (Å²) in [4.78, 5) is 28.3. The van der Waals surface area contributed by atoms with Crippen molar-refractivity contribution in [2.75, 3.05) is 51.3 Å². The molecule has 8 nitrogen and oxygen atoms in total. The number of alkyl halides is 3. The van der Waals surface area contributed by atoms with E-state index in [0.717, 1.165) is 44.2 Å². The van der Waals surface area contributed by atoms with Crippen LogP contribution in [-0.2, 0) is 0 Å². The van der Waals surface area contributed by atoms with Gasteiger partial charge in [0.2, 0.25) is 11.5 Å². The highest BCUT2D eigenvalue weighted by molar-refractivity contribution is 7.13. The van der Waals surface area contributed by atoms with E-state index in [1.165, 1.54) is 5.38 Å². The first-order chi connectivity index (χ1) is 16.6. The van der Waals surface area contributed by atoms with Crippen molar-refractivity contribution in [3.63, 3.8) is 0 Å². The van der Waals surface area contributed by atoms with E-state index in [-0.39, 0.29) is 11.6 Å². The molecule has 0 aliphatic carbocycles. The van der Waals surface area contributed by atoms with Crippen molar-refractivity contribution in [1.82, 2.24) is 10.2 Å². The summed E-state index contributed by atoms with van der Waals surface area (Å²) in [6, 6.07) is 7.85. The number of hydrogen-bond acceptors (Lipinski definition) is 8. The van der Waals surface area contributed by atoms with Gasteiger partial charge < -0.3 is 25.2 Å². The first kappa shape index (κ1) is 26.4. The van der Waals surface area contributed by atoms with Crippen LogP contribution in [0.4, 0.5) is 18.9 Å². The molecule has 1 aliphatic rings. The van der Waals surface area contributed by atoms with Gasteiger partial charge in [0.25, 0.3) is 5.91 Å². The fourth-order valence-corrected chi connectivity index (χ4v) is 4.51. The fourth-order valence-electron chi connectivity index (χ4n) is 3.66. The van der Waals surface area contributed by atoms with Crippen LogP contribution in [0.25, 0.3) is 0 Å². The number of thiophene rings is 1. The summed E-state index contributed by atoms with van der Waals surface area (Å²) < 4.78 is 42.6. The number of anilines is 1. The fraction of sp³-hybridized carbons (Fsp3) is 0.391. The van der Waals surface area contributed by atoms with Crippen molar-refractivity contribution < 1.29 is 37.7 Å². The number of hydrogen-bond donors (Lipinski definition) is 3. The number of allylic oxidation sites excluding steroid dienone is 2. The number of amides is 1.